The highest BCUT2D eigenvalue weighted by molar-refractivity contribution is 5.93. The minimum atomic E-state index is -0.237. The molecule has 9 nitrogen and oxygen atoms in total. The van der Waals surface area contributed by atoms with E-state index in [4.69, 9.17) is 4.74 Å². The third-order valence-corrected chi connectivity index (χ3v) is 4.34. The molecule has 0 aliphatic carbocycles. The molecule has 0 unspecified atom stereocenters. The van der Waals surface area contributed by atoms with E-state index in [1.54, 1.807) is 25.1 Å². The lowest BCUT2D eigenvalue weighted by atomic mass is 10.2. The Kier molecular flexibility index (Phi) is 7.09. The van der Waals surface area contributed by atoms with Crippen LogP contribution >= 0.6 is 0 Å². The summed E-state index contributed by atoms with van der Waals surface area (Å²) < 4.78 is 5.32. The summed E-state index contributed by atoms with van der Waals surface area (Å²) in [4.78, 5) is 34.6. The van der Waals surface area contributed by atoms with Gasteiger partial charge >= 0.3 is 0 Å². The second-order valence-corrected chi connectivity index (χ2v) is 6.78. The average Bonchev–Trinajstić information content (AvgIpc) is 2.68. The molecule has 1 fully saturated rings. The molecule has 1 aliphatic rings. The predicted molar refractivity (Wildman–Crippen MR) is 110 cm³/mol. The molecule has 29 heavy (non-hydrogen) atoms. The number of anilines is 3. The van der Waals surface area contributed by atoms with E-state index in [1.807, 2.05) is 12.1 Å². The van der Waals surface area contributed by atoms with Crippen LogP contribution in [0.1, 0.15) is 23.2 Å². The Hall–Kier alpha value is -3.04. The number of ether oxygens (including phenoxy) is 1. The van der Waals surface area contributed by atoms with E-state index in [1.165, 1.54) is 6.92 Å². The van der Waals surface area contributed by atoms with Gasteiger partial charge in [0, 0.05) is 50.5 Å². The normalized spacial score (nSPS) is 14.3. The van der Waals surface area contributed by atoms with Crippen molar-refractivity contribution >= 4 is 29.0 Å². The zero-order valence-electron chi connectivity index (χ0n) is 16.7. The summed E-state index contributed by atoms with van der Waals surface area (Å²) in [5.74, 6) is 0.622. The lowest BCUT2D eigenvalue weighted by Gasteiger charge is -2.26. The molecular formula is C20H26N6O3. The molecule has 1 saturated heterocycles. The van der Waals surface area contributed by atoms with Gasteiger partial charge in [-0.25, -0.2) is 9.97 Å². The second-order valence-electron chi connectivity index (χ2n) is 6.78. The molecule has 1 aliphatic heterocycles. The fourth-order valence-electron chi connectivity index (χ4n) is 3.02. The Morgan fingerprint density at radius 1 is 1.14 bits per heavy atom. The zero-order chi connectivity index (χ0) is 20.6. The fourth-order valence-corrected chi connectivity index (χ4v) is 3.02. The van der Waals surface area contributed by atoms with Crippen LogP contribution in [0.4, 0.5) is 17.2 Å². The van der Waals surface area contributed by atoms with Crippen molar-refractivity contribution in [2.24, 2.45) is 0 Å². The number of carbonyl (C=O) groups excluding carboxylic acids is 2. The van der Waals surface area contributed by atoms with Crippen molar-refractivity contribution < 1.29 is 14.3 Å². The number of morpholine rings is 1. The van der Waals surface area contributed by atoms with Gasteiger partial charge < -0.3 is 20.7 Å². The Balaban J connectivity index is 1.61. The van der Waals surface area contributed by atoms with E-state index >= 15 is 0 Å². The Labute approximate surface area is 169 Å². The molecule has 3 N–H and O–H groups in total. The van der Waals surface area contributed by atoms with Crippen LogP contribution in [0.2, 0.25) is 0 Å². The molecule has 1 aromatic carbocycles. The number of nitrogens with one attached hydrogen (secondary N) is 3. The van der Waals surface area contributed by atoms with Gasteiger partial charge in [0.25, 0.3) is 5.91 Å². The summed E-state index contributed by atoms with van der Waals surface area (Å²) in [6.45, 7) is 7.75. The van der Waals surface area contributed by atoms with E-state index < -0.39 is 0 Å². The molecule has 9 heteroatoms. The van der Waals surface area contributed by atoms with E-state index in [0.717, 1.165) is 38.5 Å². The van der Waals surface area contributed by atoms with E-state index in [9.17, 15) is 9.59 Å². The lowest BCUT2D eigenvalue weighted by Crippen LogP contribution is -2.41. The maximum atomic E-state index is 12.5. The van der Waals surface area contributed by atoms with Gasteiger partial charge in [0.2, 0.25) is 5.91 Å². The van der Waals surface area contributed by atoms with E-state index in [-0.39, 0.29) is 11.8 Å². The topological polar surface area (TPSA) is 108 Å². The SMILES string of the molecule is CC(=O)Nc1cccc(Nc2cc(C(=O)NCCN3CCOCC3)nc(C)n2)c1. The molecule has 2 amide bonds. The maximum Gasteiger partial charge on any atom is 0.270 e. The van der Waals surface area contributed by atoms with Crippen LogP contribution in [-0.2, 0) is 9.53 Å². The third-order valence-electron chi connectivity index (χ3n) is 4.34. The summed E-state index contributed by atoms with van der Waals surface area (Å²) >= 11 is 0. The molecule has 2 heterocycles. The number of hydrogen-bond acceptors (Lipinski definition) is 7. The van der Waals surface area contributed by atoms with Gasteiger partial charge in [0.1, 0.15) is 17.3 Å². The molecule has 0 radical (unpaired) electrons. The Bertz CT molecular complexity index is 867. The summed E-state index contributed by atoms with van der Waals surface area (Å²) in [7, 11) is 0. The van der Waals surface area contributed by atoms with Crippen LogP contribution in [0, 0.1) is 6.92 Å². The lowest BCUT2D eigenvalue weighted by molar-refractivity contribution is -0.114. The van der Waals surface area contributed by atoms with Crippen LogP contribution in [0.3, 0.4) is 0 Å². The van der Waals surface area contributed by atoms with Crippen LogP contribution in [0.5, 0.6) is 0 Å². The predicted octanol–water partition coefficient (Wildman–Crippen LogP) is 1.55. The number of nitrogens with zero attached hydrogens (tertiary/aromatic N) is 3. The van der Waals surface area contributed by atoms with E-state index in [2.05, 4.69) is 30.8 Å². The molecule has 2 aromatic rings. The van der Waals surface area contributed by atoms with Crippen molar-refractivity contribution in [1.82, 2.24) is 20.2 Å². The molecule has 154 valence electrons. The van der Waals surface area contributed by atoms with E-state index in [0.29, 0.717) is 29.6 Å². The standard InChI is InChI=1S/C20H26N6O3/c1-14-22-18(20(28)21-6-7-26-8-10-29-11-9-26)13-19(23-14)25-17-5-3-4-16(12-17)24-15(2)27/h3-5,12-13H,6-11H2,1-2H3,(H,21,28)(H,24,27)(H,22,23,25). The van der Waals surface area contributed by atoms with Gasteiger partial charge in [-0.3, -0.25) is 14.5 Å². The Morgan fingerprint density at radius 3 is 2.66 bits per heavy atom. The fraction of sp³-hybridized carbons (Fsp3) is 0.400. The number of benzene rings is 1. The second kappa shape index (κ2) is 9.94. The van der Waals surface area contributed by atoms with Gasteiger partial charge in [-0.15, -0.1) is 0 Å². The Morgan fingerprint density at radius 2 is 1.90 bits per heavy atom. The number of rotatable bonds is 7. The summed E-state index contributed by atoms with van der Waals surface area (Å²) in [6.07, 6.45) is 0. The average molecular weight is 398 g/mol. The first-order valence-corrected chi connectivity index (χ1v) is 9.58. The summed E-state index contributed by atoms with van der Waals surface area (Å²) in [5, 5.41) is 8.80. The molecule has 0 saturated carbocycles. The van der Waals surface area contributed by atoms with Gasteiger partial charge in [-0.05, 0) is 25.1 Å². The first-order chi connectivity index (χ1) is 14.0. The molecule has 0 bridgehead atoms. The number of amides is 2. The first kappa shape index (κ1) is 20.7. The minimum absolute atomic E-state index is 0.143. The molecule has 3 rings (SSSR count). The highest BCUT2D eigenvalue weighted by atomic mass is 16.5. The van der Waals surface area contributed by atoms with Crippen LogP contribution < -0.4 is 16.0 Å². The third kappa shape index (κ3) is 6.51. The number of hydrogen-bond donors (Lipinski definition) is 3. The monoisotopic (exact) mass is 398 g/mol. The smallest absolute Gasteiger partial charge is 0.270 e. The van der Waals surface area contributed by atoms with Crippen LogP contribution in [-0.4, -0.2) is 66.1 Å². The number of aromatic nitrogens is 2. The van der Waals surface area contributed by atoms with Gasteiger partial charge in [0.05, 0.1) is 13.2 Å². The van der Waals surface area contributed by atoms with Crippen LogP contribution in [0.25, 0.3) is 0 Å². The van der Waals surface area contributed by atoms with Crippen molar-refractivity contribution in [2.75, 3.05) is 50.0 Å². The number of aryl methyl sites for hydroxylation is 1. The molecule has 1 aromatic heterocycles. The summed E-state index contributed by atoms with van der Waals surface area (Å²) in [6, 6.07) is 8.87. The van der Waals surface area contributed by atoms with Gasteiger partial charge in [-0.2, -0.15) is 0 Å². The molecular weight excluding hydrogens is 372 g/mol. The van der Waals surface area contributed by atoms with Crippen molar-refractivity contribution in [3.63, 3.8) is 0 Å². The van der Waals surface area contributed by atoms with Crippen molar-refractivity contribution in [3.8, 4) is 0 Å². The van der Waals surface area contributed by atoms with Gasteiger partial charge in [0.15, 0.2) is 0 Å². The highest BCUT2D eigenvalue weighted by Crippen LogP contribution is 2.19. The minimum Gasteiger partial charge on any atom is -0.379 e. The van der Waals surface area contributed by atoms with Crippen molar-refractivity contribution in [2.45, 2.75) is 13.8 Å². The first-order valence-electron chi connectivity index (χ1n) is 9.58. The molecule has 0 atom stereocenters. The van der Waals surface area contributed by atoms with Gasteiger partial charge in [-0.1, -0.05) is 6.07 Å². The van der Waals surface area contributed by atoms with Crippen molar-refractivity contribution in [3.05, 3.63) is 41.9 Å². The largest absolute Gasteiger partial charge is 0.379 e. The van der Waals surface area contributed by atoms with Crippen LogP contribution in [0.15, 0.2) is 30.3 Å². The summed E-state index contributed by atoms with van der Waals surface area (Å²) in [5.41, 5.74) is 1.72. The highest BCUT2D eigenvalue weighted by Gasteiger charge is 2.13. The zero-order valence-corrected chi connectivity index (χ0v) is 16.7. The molecule has 0 spiro atoms. The number of carbonyl (C=O) groups is 2. The van der Waals surface area contributed by atoms with Crippen molar-refractivity contribution in [1.29, 1.82) is 0 Å². The maximum absolute atomic E-state index is 12.5. The quantitative estimate of drug-likeness (QED) is 0.649.